The van der Waals surface area contributed by atoms with Gasteiger partial charge in [-0.1, -0.05) is 32.9 Å². The van der Waals surface area contributed by atoms with Gasteiger partial charge >= 0.3 is 0 Å². The number of nitrogens with one attached hydrogen (secondary N) is 2. The normalized spacial score (nSPS) is 13.5. The second-order valence-electron chi connectivity index (χ2n) is 6.46. The highest BCUT2D eigenvalue weighted by Gasteiger charge is 2.24. The Morgan fingerprint density at radius 1 is 1.35 bits per heavy atom. The number of rotatable bonds is 6. The molecule has 1 aromatic rings. The minimum absolute atomic E-state index is 0.0381. The summed E-state index contributed by atoms with van der Waals surface area (Å²) >= 11 is 0. The van der Waals surface area contributed by atoms with Gasteiger partial charge < -0.3 is 21.1 Å². The van der Waals surface area contributed by atoms with Gasteiger partial charge in [-0.2, -0.15) is 0 Å². The summed E-state index contributed by atoms with van der Waals surface area (Å²) in [6, 6.07) is 7.22. The highest BCUT2D eigenvalue weighted by Crippen LogP contribution is 2.20. The van der Waals surface area contributed by atoms with E-state index in [1.807, 2.05) is 12.1 Å². The number of primary amides is 1. The molecule has 0 aliphatic carbocycles. The lowest BCUT2D eigenvalue weighted by molar-refractivity contribution is 0.0205. The molecule has 1 aromatic carbocycles. The Kier molecular flexibility index (Phi) is 7.03. The Hall–Kier alpha value is -2.08. The minimum atomic E-state index is -0.428. The van der Waals surface area contributed by atoms with Crippen molar-refractivity contribution in [1.29, 1.82) is 0 Å². The first-order chi connectivity index (χ1) is 10.8. The standard InChI is InChI=1S/C17H28N4O2/c1-17(2,3)14(23-5)11-21-16(19-4)20-10-12-7-6-8-13(9-12)15(18)22/h6-9,14H,10-11H2,1-5H3,(H2,18,22)(H2,19,20,21). The summed E-state index contributed by atoms with van der Waals surface area (Å²) in [5.74, 6) is 0.253. The number of benzene rings is 1. The van der Waals surface area contributed by atoms with Crippen LogP contribution in [0.3, 0.4) is 0 Å². The van der Waals surface area contributed by atoms with Crippen molar-refractivity contribution in [2.75, 3.05) is 20.7 Å². The van der Waals surface area contributed by atoms with E-state index in [0.717, 1.165) is 5.56 Å². The molecule has 0 saturated carbocycles. The molecule has 0 aliphatic heterocycles. The highest BCUT2D eigenvalue weighted by molar-refractivity contribution is 5.92. The summed E-state index contributed by atoms with van der Waals surface area (Å²) in [5.41, 5.74) is 6.79. The van der Waals surface area contributed by atoms with E-state index in [4.69, 9.17) is 10.5 Å². The van der Waals surface area contributed by atoms with Gasteiger partial charge in [-0.05, 0) is 23.1 Å². The van der Waals surface area contributed by atoms with E-state index in [0.29, 0.717) is 24.6 Å². The lowest BCUT2D eigenvalue weighted by Gasteiger charge is -2.30. The molecule has 0 bridgehead atoms. The maximum atomic E-state index is 11.2. The molecule has 6 nitrogen and oxygen atoms in total. The Balaban J connectivity index is 2.58. The number of carbonyl (C=O) groups excluding carboxylic acids is 1. The van der Waals surface area contributed by atoms with Crippen molar-refractivity contribution in [3.63, 3.8) is 0 Å². The maximum Gasteiger partial charge on any atom is 0.248 e. The molecule has 1 rings (SSSR count). The average Bonchev–Trinajstić information content (AvgIpc) is 2.49. The number of guanidine groups is 1. The zero-order valence-corrected chi connectivity index (χ0v) is 14.6. The number of methoxy groups -OCH3 is 1. The van der Waals surface area contributed by atoms with Gasteiger partial charge in [0.25, 0.3) is 0 Å². The Morgan fingerprint density at radius 3 is 2.57 bits per heavy atom. The average molecular weight is 320 g/mol. The van der Waals surface area contributed by atoms with Gasteiger partial charge in [-0.25, -0.2) is 0 Å². The fourth-order valence-corrected chi connectivity index (χ4v) is 2.17. The van der Waals surface area contributed by atoms with Gasteiger partial charge in [-0.3, -0.25) is 9.79 Å². The number of carbonyl (C=O) groups is 1. The SMILES string of the molecule is CN=C(NCc1cccc(C(N)=O)c1)NCC(OC)C(C)(C)C. The minimum Gasteiger partial charge on any atom is -0.379 e. The summed E-state index contributed by atoms with van der Waals surface area (Å²) in [6.07, 6.45) is 0.0687. The van der Waals surface area contributed by atoms with Crippen LogP contribution in [0, 0.1) is 5.41 Å². The van der Waals surface area contributed by atoms with Crippen LogP contribution in [-0.2, 0) is 11.3 Å². The molecule has 128 valence electrons. The fraction of sp³-hybridized carbons (Fsp3) is 0.529. The molecule has 0 radical (unpaired) electrons. The van der Waals surface area contributed by atoms with E-state index in [9.17, 15) is 4.79 Å². The first kappa shape index (κ1) is 19.0. The summed E-state index contributed by atoms with van der Waals surface area (Å²) in [4.78, 5) is 15.4. The van der Waals surface area contributed by atoms with Crippen molar-refractivity contribution >= 4 is 11.9 Å². The third kappa shape index (κ3) is 6.28. The van der Waals surface area contributed by atoms with Gasteiger partial charge in [0, 0.05) is 32.8 Å². The number of nitrogens with zero attached hydrogens (tertiary/aromatic N) is 1. The van der Waals surface area contributed by atoms with E-state index < -0.39 is 5.91 Å². The van der Waals surface area contributed by atoms with Crippen LogP contribution in [0.25, 0.3) is 0 Å². The van der Waals surface area contributed by atoms with Gasteiger partial charge in [0.05, 0.1) is 6.10 Å². The number of aliphatic imine (C=N–C) groups is 1. The van der Waals surface area contributed by atoms with Gasteiger partial charge in [-0.15, -0.1) is 0 Å². The second kappa shape index (κ2) is 8.53. The topological polar surface area (TPSA) is 88.7 Å². The number of hydrogen-bond acceptors (Lipinski definition) is 3. The van der Waals surface area contributed by atoms with E-state index in [2.05, 4.69) is 36.4 Å². The van der Waals surface area contributed by atoms with Crippen LogP contribution in [0.1, 0.15) is 36.7 Å². The third-order valence-corrected chi connectivity index (χ3v) is 3.60. The fourth-order valence-electron chi connectivity index (χ4n) is 2.17. The van der Waals surface area contributed by atoms with Gasteiger partial charge in [0.1, 0.15) is 0 Å². The smallest absolute Gasteiger partial charge is 0.248 e. The molecule has 23 heavy (non-hydrogen) atoms. The van der Waals surface area contributed by atoms with Crippen molar-refractivity contribution in [2.24, 2.45) is 16.1 Å². The molecule has 1 atom stereocenters. The summed E-state index contributed by atoms with van der Waals surface area (Å²) in [5, 5.41) is 6.47. The largest absolute Gasteiger partial charge is 0.379 e. The second-order valence-corrected chi connectivity index (χ2v) is 6.46. The van der Waals surface area contributed by atoms with E-state index in [1.54, 1.807) is 26.3 Å². The Morgan fingerprint density at radius 2 is 2.04 bits per heavy atom. The van der Waals surface area contributed by atoms with Crippen molar-refractivity contribution < 1.29 is 9.53 Å². The van der Waals surface area contributed by atoms with Crippen molar-refractivity contribution in [3.05, 3.63) is 35.4 Å². The van der Waals surface area contributed by atoms with E-state index in [-0.39, 0.29) is 11.5 Å². The number of ether oxygens (including phenoxy) is 1. The quantitative estimate of drug-likeness (QED) is 0.547. The molecule has 0 aliphatic rings. The number of amides is 1. The molecule has 6 heteroatoms. The van der Waals surface area contributed by atoms with Crippen LogP contribution in [-0.4, -0.2) is 38.7 Å². The molecule has 0 saturated heterocycles. The number of hydrogen-bond donors (Lipinski definition) is 3. The van der Waals surface area contributed by atoms with Crippen LogP contribution in [0.5, 0.6) is 0 Å². The molecule has 0 aromatic heterocycles. The molecule has 0 fully saturated rings. The number of nitrogens with two attached hydrogens (primary N) is 1. The summed E-state index contributed by atoms with van der Waals surface area (Å²) < 4.78 is 5.52. The van der Waals surface area contributed by atoms with E-state index >= 15 is 0 Å². The van der Waals surface area contributed by atoms with Crippen molar-refractivity contribution in [3.8, 4) is 0 Å². The zero-order valence-electron chi connectivity index (χ0n) is 14.6. The Bertz CT molecular complexity index is 550. The van der Waals surface area contributed by atoms with Crippen LogP contribution in [0.4, 0.5) is 0 Å². The lowest BCUT2D eigenvalue weighted by Crippen LogP contribution is -2.45. The third-order valence-electron chi connectivity index (χ3n) is 3.60. The molecule has 4 N–H and O–H groups in total. The van der Waals surface area contributed by atoms with Crippen LogP contribution in [0.15, 0.2) is 29.3 Å². The zero-order chi connectivity index (χ0) is 17.5. The molecule has 0 heterocycles. The first-order valence-corrected chi connectivity index (χ1v) is 7.64. The molecule has 1 unspecified atom stereocenters. The predicted octanol–water partition coefficient (Wildman–Crippen LogP) is 1.51. The molecule has 1 amide bonds. The maximum absolute atomic E-state index is 11.2. The van der Waals surface area contributed by atoms with Gasteiger partial charge in [0.15, 0.2) is 5.96 Å². The Labute approximate surface area is 138 Å². The van der Waals surface area contributed by atoms with Crippen molar-refractivity contribution in [2.45, 2.75) is 33.4 Å². The summed E-state index contributed by atoms with van der Waals surface area (Å²) in [6.45, 7) is 7.60. The highest BCUT2D eigenvalue weighted by atomic mass is 16.5. The monoisotopic (exact) mass is 320 g/mol. The van der Waals surface area contributed by atoms with E-state index in [1.165, 1.54) is 0 Å². The predicted molar refractivity (Wildman–Crippen MR) is 93.4 cm³/mol. The summed E-state index contributed by atoms with van der Waals surface area (Å²) in [7, 11) is 3.43. The van der Waals surface area contributed by atoms with Crippen LogP contribution >= 0.6 is 0 Å². The molecular formula is C17H28N4O2. The lowest BCUT2D eigenvalue weighted by atomic mass is 9.89. The first-order valence-electron chi connectivity index (χ1n) is 7.64. The van der Waals surface area contributed by atoms with Crippen molar-refractivity contribution in [1.82, 2.24) is 10.6 Å². The van der Waals surface area contributed by atoms with Crippen LogP contribution < -0.4 is 16.4 Å². The molecule has 0 spiro atoms. The van der Waals surface area contributed by atoms with Crippen LogP contribution in [0.2, 0.25) is 0 Å². The molecular weight excluding hydrogens is 292 g/mol. The van der Waals surface area contributed by atoms with Gasteiger partial charge in [0.2, 0.25) is 5.91 Å².